The van der Waals surface area contributed by atoms with E-state index in [1.54, 1.807) is 42.1 Å². The van der Waals surface area contributed by atoms with Gasteiger partial charge in [0.15, 0.2) is 0 Å². The maximum atomic E-state index is 12.5. The first kappa shape index (κ1) is 18.0. The van der Waals surface area contributed by atoms with Gasteiger partial charge in [-0.3, -0.25) is 9.59 Å². The minimum absolute atomic E-state index is 0.0381. The lowest BCUT2D eigenvalue weighted by Gasteiger charge is -2.33. The molecule has 6 nitrogen and oxygen atoms in total. The molecule has 2 rings (SSSR count). The summed E-state index contributed by atoms with van der Waals surface area (Å²) in [5.41, 5.74) is 0.295. The van der Waals surface area contributed by atoms with Crippen molar-refractivity contribution in [1.82, 2.24) is 15.1 Å². The molecule has 0 saturated carbocycles. The Hall–Kier alpha value is -2.34. The van der Waals surface area contributed by atoms with E-state index in [0.29, 0.717) is 10.6 Å². The zero-order chi connectivity index (χ0) is 17.9. The van der Waals surface area contributed by atoms with Gasteiger partial charge < -0.3 is 10.4 Å². The van der Waals surface area contributed by atoms with E-state index in [2.05, 4.69) is 10.4 Å². The van der Waals surface area contributed by atoms with E-state index < -0.39 is 11.5 Å². The van der Waals surface area contributed by atoms with Gasteiger partial charge in [-0.25, -0.2) is 4.68 Å². The summed E-state index contributed by atoms with van der Waals surface area (Å²) in [7, 11) is 0. The van der Waals surface area contributed by atoms with Crippen molar-refractivity contribution in [2.75, 3.05) is 0 Å². The van der Waals surface area contributed by atoms with Crippen molar-refractivity contribution in [1.29, 1.82) is 0 Å². The van der Waals surface area contributed by atoms with Crippen LogP contribution in [0.2, 0.25) is 5.02 Å². The highest BCUT2D eigenvalue weighted by atomic mass is 35.5. The molecule has 24 heavy (non-hydrogen) atoms. The van der Waals surface area contributed by atoms with Crippen molar-refractivity contribution in [2.45, 2.75) is 32.7 Å². The summed E-state index contributed by atoms with van der Waals surface area (Å²) >= 11 is 5.86. The van der Waals surface area contributed by atoms with Crippen LogP contribution in [0.3, 0.4) is 0 Å². The number of aromatic nitrogens is 2. The number of hydrogen-bond acceptors (Lipinski definition) is 3. The molecule has 1 aromatic heterocycles. The van der Waals surface area contributed by atoms with Gasteiger partial charge in [0.25, 0.3) is 5.91 Å². The topological polar surface area (TPSA) is 84.2 Å². The molecule has 0 bridgehead atoms. The third-order valence-electron chi connectivity index (χ3n) is 4.13. The molecule has 1 atom stereocenters. The molecule has 0 radical (unpaired) electrons. The van der Waals surface area contributed by atoms with Gasteiger partial charge in [-0.1, -0.05) is 25.4 Å². The number of carbonyl (C=O) groups is 2. The smallest absolute Gasteiger partial charge is 0.305 e. The third kappa shape index (κ3) is 4.14. The second kappa shape index (κ2) is 7.05. The monoisotopic (exact) mass is 349 g/mol. The highest BCUT2D eigenvalue weighted by Crippen LogP contribution is 2.22. The fourth-order valence-corrected chi connectivity index (χ4v) is 2.34. The molecule has 1 unspecified atom stereocenters. The van der Waals surface area contributed by atoms with Crippen molar-refractivity contribution in [2.24, 2.45) is 5.92 Å². The summed E-state index contributed by atoms with van der Waals surface area (Å²) in [4.78, 5) is 23.5. The first-order chi connectivity index (χ1) is 11.2. The Kier molecular flexibility index (Phi) is 5.29. The number of amides is 1. The average Bonchev–Trinajstić information content (AvgIpc) is 2.96. The van der Waals surface area contributed by atoms with Gasteiger partial charge in [0.05, 0.1) is 29.4 Å². The molecule has 0 spiro atoms. The third-order valence-corrected chi connectivity index (χ3v) is 4.38. The van der Waals surface area contributed by atoms with Crippen molar-refractivity contribution in [3.63, 3.8) is 0 Å². The summed E-state index contributed by atoms with van der Waals surface area (Å²) in [6.45, 7) is 5.48. The zero-order valence-corrected chi connectivity index (χ0v) is 14.5. The molecule has 0 aliphatic carbocycles. The molecule has 1 heterocycles. The lowest BCUT2D eigenvalue weighted by Crippen LogP contribution is -2.51. The number of carboxylic acids is 1. The number of hydrogen-bond donors (Lipinski definition) is 2. The molecule has 0 fully saturated rings. The first-order valence-corrected chi connectivity index (χ1v) is 7.94. The standard InChI is InChI=1S/C17H20ClN3O3/c1-11(2)17(3,8-15(22)23)20-16(24)12-9-19-21(10-12)14-6-4-13(18)5-7-14/h4-7,9-11H,8H2,1-3H3,(H,20,24)(H,22,23). The van der Waals surface area contributed by atoms with Crippen LogP contribution >= 0.6 is 11.6 Å². The van der Waals surface area contributed by atoms with Gasteiger partial charge in [-0.05, 0) is 37.1 Å². The Morgan fingerprint density at radius 2 is 1.96 bits per heavy atom. The van der Waals surface area contributed by atoms with E-state index in [4.69, 9.17) is 16.7 Å². The first-order valence-electron chi connectivity index (χ1n) is 7.56. The fraction of sp³-hybridized carbons (Fsp3) is 0.353. The van der Waals surface area contributed by atoms with Crippen molar-refractivity contribution in [3.05, 3.63) is 47.2 Å². The van der Waals surface area contributed by atoms with E-state index >= 15 is 0 Å². The maximum Gasteiger partial charge on any atom is 0.305 e. The molecular formula is C17H20ClN3O3. The largest absolute Gasteiger partial charge is 0.481 e. The normalized spacial score (nSPS) is 13.5. The number of nitrogens with zero attached hydrogens (tertiary/aromatic N) is 2. The molecule has 7 heteroatoms. The van der Waals surface area contributed by atoms with Gasteiger partial charge in [-0.15, -0.1) is 0 Å². The van der Waals surface area contributed by atoms with Gasteiger partial charge in [-0.2, -0.15) is 5.10 Å². The predicted octanol–water partition coefficient (Wildman–Crippen LogP) is 3.14. The van der Waals surface area contributed by atoms with Crippen molar-refractivity contribution in [3.8, 4) is 5.69 Å². The Labute approximate surface area is 145 Å². The van der Waals surface area contributed by atoms with Gasteiger partial charge in [0.1, 0.15) is 0 Å². The molecule has 2 N–H and O–H groups in total. The lowest BCUT2D eigenvalue weighted by atomic mass is 9.85. The fourth-order valence-electron chi connectivity index (χ4n) is 2.21. The molecule has 2 aromatic rings. The number of rotatable bonds is 6. The average molecular weight is 350 g/mol. The minimum atomic E-state index is -0.955. The van der Waals surface area contributed by atoms with Crippen molar-refractivity contribution >= 4 is 23.5 Å². The van der Waals surface area contributed by atoms with Crippen LogP contribution in [0.15, 0.2) is 36.7 Å². The highest BCUT2D eigenvalue weighted by Gasteiger charge is 2.33. The summed E-state index contributed by atoms with van der Waals surface area (Å²) in [6.07, 6.45) is 2.90. The van der Waals surface area contributed by atoms with E-state index in [0.717, 1.165) is 5.69 Å². The maximum absolute atomic E-state index is 12.5. The van der Waals surface area contributed by atoms with Crippen LogP contribution in [0.25, 0.3) is 5.69 Å². The zero-order valence-electron chi connectivity index (χ0n) is 13.8. The van der Waals surface area contributed by atoms with Crippen LogP contribution in [0, 0.1) is 5.92 Å². The van der Waals surface area contributed by atoms with Crippen LogP contribution in [-0.4, -0.2) is 32.3 Å². The molecule has 1 aromatic carbocycles. The van der Waals surface area contributed by atoms with Crippen LogP contribution < -0.4 is 5.32 Å². The number of halogens is 1. The summed E-state index contributed by atoms with van der Waals surface area (Å²) in [5.74, 6) is -1.35. The molecule has 0 saturated heterocycles. The number of carboxylic acid groups (broad SMARTS) is 1. The Bertz CT molecular complexity index is 740. The lowest BCUT2D eigenvalue weighted by molar-refractivity contribution is -0.138. The highest BCUT2D eigenvalue weighted by molar-refractivity contribution is 6.30. The Morgan fingerprint density at radius 3 is 2.50 bits per heavy atom. The van der Waals surface area contributed by atoms with Crippen LogP contribution in [0.1, 0.15) is 37.6 Å². The number of benzene rings is 1. The van der Waals surface area contributed by atoms with E-state index in [1.165, 1.54) is 6.20 Å². The van der Waals surface area contributed by atoms with Crippen LogP contribution in [0.4, 0.5) is 0 Å². The van der Waals surface area contributed by atoms with E-state index in [9.17, 15) is 9.59 Å². The molecule has 1 amide bonds. The summed E-state index contributed by atoms with van der Waals surface area (Å²) < 4.78 is 1.56. The number of carbonyl (C=O) groups excluding carboxylic acids is 1. The molecule has 0 aliphatic rings. The van der Waals surface area contributed by atoms with Crippen molar-refractivity contribution < 1.29 is 14.7 Å². The van der Waals surface area contributed by atoms with Gasteiger partial charge >= 0.3 is 5.97 Å². The van der Waals surface area contributed by atoms with Gasteiger partial charge in [0, 0.05) is 11.2 Å². The molecular weight excluding hydrogens is 330 g/mol. The number of aliphatic carboxylic acids is 1. The van der Waals surface area contributed by atoms with Crippen LogP contribution in [-0.2, 0) is 4.79 Å². The summed E-state index contributed by atoms with van der Waals surface area (Å²) in [5, 5.41) is 16.7. The minimum Gasteiger partial charge on any atom is -0.481 e. The van der Waals surface area contributed by atoms with Crippen LogP contribution in [0.5, 0.6) is 0 Å². The number of nitrogens with one attached hydrogen (secondary N) is 1. The second-order valence-electron chi connectivity index (χ2n) is 6.25. The quantitative estimate of drug-likeness (QED) is 0.839. The van der Waals surface area contributed by atoms with Gasteiger partial charge in [0.2, 0.25) is 0 Å². The van der Waals surface area contributed by atoms with E-state index in [1.807, 2.05) is 13.8 Å². The SMILES string of the molecule is CC(C)C(C)(CC(=O)O)NC(=O)c1cnn(-c2ccc(Cl)cc2)c1. The second-order valence-corrected chi connectivity index (χ2v) is 6.68. The predicted molar refractivity (Wildman–Crippen MR) is 91.5 cm³/mol. The molecule has 128 valence electrons. The summed E-state index contributed by atoms with van der Waals surface area (Å²) in [6, 6.07) is 7.06. The van der Waals surface area contributed by atoms with E-state index in [-0.39, 0.29) is 18.2 Å². The Morgan fingerprint density at radius 1 is 1.33 bits per heavy atom. The molecule has 0 aliphatic heterocycles. The Balaban J connectivity index is 2.18.